The number of amides is 1. The first-order valence-corrected chi connectivity index (χ1v) is 10.9. The number of hydrogen-bond donors (Lipinski definition) is 1. The first-order valence-electron chi connectivity index (χ1n) is 10.9. The maximum Gasteiger partial charge on any atom is 0.248 e. The molecule has 33 heavy (non-hydrogen) atoms. The zero-order chi connectivity index (χ0) is 23.2. The van der Waals surface area contributed by atoms with E-state index in [-0.39, 0.29) is 5.91 Å². The third kappa shape index (κ3) is 5.00. The Hall–Kier alpha value is -3.81. The van der Waals surface area contributed by atoms with Gasteiger partial charge in [0.2, 0.25) is 11.7 Å². The molecule has 2 aromatic carbocycles. The van der Waals surface area contributed by atoms with E-state index in [4.69, 9.17) is 14.2 Å². The Kier molecular flexibility index (Phi) is 6.92. The van der Waals surface area contributed by atoms with Gasteiger partial charge in [-0.25, -0.2) is 0 Å². The van der Waals surface area contributed by atoms with Gasteiger partial charge in [-0.3, -0.25) is 4.79 Å². The molecule has 0 atom stereocenters. The van der Waals surface area contributed by atoms with Gasteiger partial charge in [0.1, 0.15) is 5.82 Å². The molecule has 0 saturated heterocycles. The number of fused-ring (bicyclic) bond motifs is 1. The fraction of sp³-hybridized carbons (Fsp3) is 0.320. The molecule has 1 aliphatic rings. The number of aryl methyl sites for hydroxylation is 1. The average molecular weight is 449 g/mol. The molecule has 8 nitrogen and oxygen atoms in total. The second-order valence-corrected chi connectivity index (χ2v) is 7.76. The molecule has 172 valence electrons. The van der Waals surface area contributed by atoms with Gasteiger partial charge in [-0.05, 0) is 60.9 Å². The lowest BCUT2D eigenvalue weighted by atomic mass is 10.1. The van der Waals surface area contributed by atoms with Crippen LogP contribution < -0.4 is 19.5 Å². The van der Waals surface area contributed by atoms with Crippen molar-refractivity contribution in [3.8, 4) is 28.6 Å². The molecular formula is C25H28N4O4. The molecule has 8 heteroatoms. The number of ether oxygens (including phenoxy) is 3. The molecule has 0 saturated carbocycles. The van der Waals surface area contributed by atoms with E-state index in [1.54, 1.807) is 39.5 Å². The average Bonchev–Trinajstić information content (AvgIpc) is 3.10. The fourth-order valence-electron chi connectivity index (χ4n) is 3.95. The lowest BCUT2D eigenvalue weighted by Crippen LogP contribution is -2.07. The standard InChI is InChI=1S/C25H28N4O4/c1-31-20-15-17(16-21(32-2)24(20)33-3)8-13-23(30)26-19-11-9-18(10-12-19)25-28-27-22-7-5-4-6-14-29(22)25/h8-13,15-16H,4-7,14H2,1-3H3,(H,26,30)/b13-8+. The monoisotopic (exact) mass is 448 g/mol. The van der Waals surface area contributed by atoms with E-state index < -0.39 is 0 Å². The highest BCUT2D eigenvalue weighted by Crippen LogP contribution is 2.38. The van der Waals surface area contributed by atoms with Crippen LogP contribution in [0.4, 0.5) is 5.69 Å². The molecule has 1 aliphatic heterocycles. The van der Waals surface area contributed by atoms with Gasteiger partial charge < -0.3 is 24.1 Å². The van der Waals surface area contributed by atoms with Crippen LogP contribution in [0.5, 0.6) is 17.2 Å². The van der Waals surface area contributed by atoms with Crippen molar-refractivity contribution >= 4 is 17.7 Å². The molecule has 0 spiro atoms. The second-order valence-electron chi connectivity index (χ2n) is 7.76. The van der Waals surface area contributed by atoms with Crippen molar-refractivity contribution in [2.75, 3.05) is 26.6 Å². The van der Waals surface area contributed by atoms with E-state index >= 15 is 0 Å². The molecule has 0 bridgehead atoms. The van der Waals surface area contributed by atoms with Gasteiger partial charge in [0.25, 0.3) is 0 Å². The van der Waals surface area contributed by atoms with E-state index in [0.29, 0.717) is 22.9 Å². The third-order valence-corrected chi connectivity index (χ3v) is 5.63. The number of methoxy groups -OCH3 is 3. The number of benzene rings is 2. The first-order chi connectivity index (χ1) is 16.1. The Morgan fingerprint density at radius 3 is 2.36 bits per heavy atom. The van der Waals surface area contributed by atoms with Gasteiger partial charge in [-0.2, -0.15) is 0 Å². The summed E-state index contributed by atoms with van der Waals surface area (Å²) >= 11 is 0. The van der Waals surface area contributed by atoms with Crippen molar-refractivity contribution in [1.82, 2.24) is 14.8 Å². The van der Waals surface area contributed by atoms with Crippen LogP contribution in [-0.2, 0) is 17.8 Å². The van der Waals surface area contributed by atoms with Crippen LogP contribution in [0.2, 0.25) is 0 Å². The predicted molar refractivity (Wildman–Crippen MR) is 127 cm³/mol. The highest BCUT2D eigenvalue weighted by molar-refractivity contribution is 6.02. The molecule has 1 amide bonds. The summed E-state index contributed by atoms with van der Waals surface area (Å²) in [6.45, 7) is 0.946. The summed E-state index contributed by atoms with van der Waals surface area (Å²) in [5.41, 5.74) is 2.44. The number of hydrogen-bond acceptors (Lipinski definition) is 6. The van der Waals surface area contributed by atoms with Gasteiger partial charge in [0, 0.05) is 30.3 Å². The molecule has 1 N–H and O–H groups in total. The van der Waals surface area contributed by atoms with Crippen LogP contribution in [-0.4, -0.2) is 42.0 Å². The topological polar surface area (TPSA) is 87.5 Å². The minimum absolute atomic E-state index is 0.243. The van der Waals surface area contributed by atoms with E-state index in [2.05, 4.69) is 20.1 Å². The van der Waals surface area contributed by atoms with E-state index in [9.17, 15) is 4.79 Å². The third-order valence-electron chi connectivity index (χ3n) is 5.63. The van der Waals surface area contributed by atoms with Gasteiger partial charge >= 0.3 is 0 Å². The smallest absolute Gasteiger partial charge is 0.248 e. The minimum atomic E-state index is -0.243. The number of anilines is 1. The summed E-state index contributed by atoms with van der Waals surface area (Å²) < 4.78 is 18.2. The summed E-state index contributed by atoms with van der Waals surface area (Å²) in [7, 11) is 4.66. The normalized spacial score (nSPS) is 13.3. The van der Waals surface area contributed by atoms with Crippen LogP contribution in [0.25, 0.3) is 17.5 Å². The van der Waals surface area contributed by atoms with Gasteiger partial charge in [0.15, 0.2) is 17.3 Å². The first kappa shape index (κ1) is 22.4. The number of nitrogens with one attached hydrogen (secondary N) is 1. The molecule has 2 heterocycles. The maximum absolute atomic E-state index is 12.4. The Labute approximate surface area is 193 Å². The Morgan fingerprint density at radius 2 is 1.70 bits per heavy atom. The van der Waals surface area contributed by atoms with Crippen molar-refractivity contribution in [2.24, 2.45) is 0 Å². The Morgan fingerprint density at radius 1 is 0.970 bits per heavy atom. The van der Waals surface area contributed by atoms with Crippen molar-refractivity contribution in [3.63, 3.8) is 0 Å². The highest BCUT2D eigenvalue weighted by Gasteiger charge is 2.16. The summed E-state index contributed by atoms with van der Waals surface area (Å²) in [5, 5.41) is 11.6. The van der Waals surface area contributed by atoms with Crippen LogP contribution in [0.1, 0.15) is 30.7 Å². The summed E-state index contributed by atoms with van der Waals surface area (Å²) in [4.78, 5) is 12.4. The Balaban J connectivity index is 1.44. The van der Waals surface area contributed by atoms with E-state index in [1.165, 1.54) is 12.5 Å². The number of aromatic nitrogens is 3. The molecule has 0 aliphatic carbocycles. The highest BCUT2D eigenvalue weighted by atomic mass is 16.5. The molecule has 0 radical (unpaired) electrons. The molecule has 1 aromatic heterocycles. The number of rotatable bonds is 7. The largest absolute Gasteiger partial charge is 0.493 e. The molecular weight excluding hydrogens is 420 g/mol. The van der Waals surface area contributed by atoms with E-state index in [0.717, 1.165) is 48.6 Å². The second kappa shape index (κ2) is 10.2. The summed E-state index contributed by atoms with van der Waals surface area (Å²) in [5.74, 6) is 3.25. The molecule has 4 rings (SSSR count). The quantitative estimate of drug-likeness (QED) is 0.541. The molecule has 0 fully saturated rings. The number of carbonyl (C=O) groups is 1. The van der Waals surface area contributed by atoms with Crippen LogP contribution in [0.3, 0.4) is 0 Å². The fourth-order valence-corrected chi connectivity index (χ4v) is 3.95. The molecule has 3 aromatic rings. The van der Waals surface area contributed by atoms with Gasteiger partial charge in [0.05, 0.1) is 21.3 Å². The van der Waals surface area contributed by atoms with Crippen LogP contribution in [0, 0.1) is 0 Å². The van der Waals surface area contributed by atoms with Crippen molar-refractivity contribution in [2.45, 2.75) is 32.2 Å². The minimum Gasteiger partial charge on any atom is -0.493 e. The Bertz CT molecular complexity index is 1130. The maximum atomic E-state index is 12.4. The zero-order valence-corrected chi connectivity index (χ0v) is 19.1. The summed E-state index contributed by atoms with van der Waals surface area (Å²) in [6.07, 6.45) is 7.65. The van der Waals surface area contributed by atoms with Crippen molar-refractivity contribution < 1.29 is 19.0 Å². The van der Waals surface area contributed by atoms with Crippen molar-refractivity contribution in [1.29, 1.82) is 0 Å². The lowest BCUT2D eigenvalue weighted by Gasteiger charge is -2.12. The van der Waals surface area contributed by atoms with Crippen LogP contribution >= 0.6 is 0 Å². The van der Waals surface area contributed by atoms with Gasteiger partial charge in [-0.15, -0.1) is 10.2 Å². The lowest BCUT2D eigenvalue weighted by molar-refractivity contribution is -0.111. The van der Waals surface area contributed by atoms with E-state index in [1.807, 2.05) is 24.3 Å². The van der Waals surface area contributed by atoms with Crippen molar-refractivity contribution in [3.05, 3.63) is 53.9 Å². The SMILES string of the molecule is COc1cc(/C=C/C(=O)Nc2ccc(-c3nnc4n3CCCCC4)cc2)cc(OC)c1OC. The number of nitrogens with zero attached hydrogens (tertiary/aromatic N) is 3. The molecule has 0 unspecified atom stereocenters. The predicted octanol–water partition coefficient (Wildman–Crippen LogP) is 4.35. The zero-order valence-electron chi connectivity index (χ0n) is 19.1. The van der Waals surface area contributed by atoms with Gasteiger partial charge in [-0.1, -0.05) is 6.42 Å². The number of carbonyl (C=O) groups excluding carboxylic acids is 1. The summed E-state index contributed by atoms with van der Waals surface area (Å²) in [6, 6.07) is 11.2. The van der Waals surface area contributed by atoms with Crippen LogP contribution in [0.15, 0.2) is 42.5 Å².